The van der Waals surface area contributed by atoms with Crippen LogP contribution in [0.4, 0.5) is 5.69 Å². The third-order valence-electron chi connectivity index (χ3n) is 4.31. The first-order chi connectivity index (χ1) is 12.5. The van der Waals surface area contributed by atoms with E-state index >= 15 is 0 Å². The fourth-order valence-electron chi connectivity index (χ4n) is 3.12. The van der Waals surface area contributed by atoms with Gasteiger partial charge in [0.1, 0.15) is 30.2 Å². The van der Waals surface area contributed by atoms with E-state index in [4.69, 9.17) is 9.47 Å². The average Bonchev–Trinajstić information content (AvgIpc) is 2.55. The van der Waals surface area contributed by atoms with E-state index < -0.39 is 37.3 Å². The van der Waals surface area contributed by atoms with E-state index in [0.29, 0.717) is 5.75 Å². The summed E-state index contributed by atoms with van der Waals surface area (Å²) in [5, 5.41) is 42.7. The summed E-state index contributed by atoms with van der Waals surface area (Å²) in [7, 11) is 0. The van der Waals surface area contributed by atoms with Crippen LogP contribution in [-0.2, 0) is 11.2 Å². The summed E-state index contributed by atoms with van der Waals surface area (Å²) >= 11 is 0. The van der Waals surface area contributed by atoms with Crippen molar-refractivity contribution in [3.63, 3.8) is 0 Å². The smallest absolute Gasteiger partial charge is 0.229 e. The molecular weight excluding hydrogens is 350 g/mol. The third-order valence-corrected chi connectivity index (χ3v) is 4.31. The summed E-state index contributed by atoms with van der Waals surface area (Å²) in [6, 6.07) is 5.92. The van der Waals surface area contributed by atoms with Crippen molar-refractivity contribution in [3.8, 4) is 5.75 Å². The molecule has 5 N–H and O–H groups in total. The van der Waals surface area contributed by atoms with Gasteiger partial charge in [0.2, 0.25) is 6.29 Å². The van der Waals surface area contributed by atoms with Crippen LogP contribution >= 0.6 is 0 Å². The second-order valence-corrected chi connectivity index (χ2v) is 8.68. The van der Waals surface area contributed by atoms with Gasteiger partial charge in [-0.1, -0.05) is 26.8 Å². The Bertz CT molecular complexity index is 613. The van der Waals surface area contributed by atoms with Gasteiger partial charge in [-0.15, -0.1) is 0 Å². The summed E-state index contributed by atoms with van der Waals surface area (Å²) in [4.78, 5) is 0. The van der Waals surface area contributed by atoms with Gasteiger partial charge >= 0.3 is 0 Å². The lowest BCUT2D eigenvalue weighted by molar-refractivity contribution is -0.277. The molecule has 27 heavy (non-hydrogen) atoms. The molecule has 0 aliphatic carbocycles. The highest BCUT2D eigenvalue weighted by molar-refractivity contribution is 5.58. The van der Waals surface area contributed by atoms with Crippen molar-refractivity contribution < 1.29 is 29.9 Å². The largest absolute Gasteiger partial charge is 0.460 e. The molecule has 1 heterocycles. The molecule has 7 nitrogen and oxygen atoms in total. The van der Waals surface area contributed by atoms with Gasteiger partial charge < -0.3 is 35.2 Å². The van der Waals surface area contributed by atoms with Gasteiger partial charge in [0.15, 0.2) is 0 Å². The first-order valence-electron chi connectivity index (χ1n) is 9.38. The number of anilines is 1. The fourth-order valence-corrected chi connectivity index (χ4v) is 3.12. The lowest BCUT2D eigenvalue weighted by Gasteiger charge is -2.39. The third kappa shape index (κ3) is 5.80. The van der Waals surface area contributed by atoms with E-state index in [1.165, 1.54) is 0 Å². The van der Waals surface area contributed by atoms with Crippen LogP contribution in [0.1, 0.15) is 40.2 Å². The van der Waals surface area contributed by atoms with Crippen molar-refractivity contribution in [2.24, 2.45) is 5.41 Å². The topological polar surface area (TPSA) is 111 Å². The molecule has 154 valence electrons. The minimum Gasteiger partial charge on any atom is -0.460 e. The minimum absolute atomic E-state index is 0.134. The molecule has 5 unspecified atom stereocenters. The zero-order valence-electron chi connectivity index (χ0n) is 16.7. The first-order valence-corrected chi connectivity index (χ1v) is 9.38. The van der Waals surface area contributed by atoms with Crippen LogP contribution in [0.2, 0.25) is 0 Å². The van der Waals surface area contributed by atoms with Gasteiger partial charge in [-0.2, -0.15) is 0 Å². The molecule has 2 rings (SSSR count). The number of benzene rings is 1. The molecule has 7 heteroatoms. The highest BCUT2D eigenvalue weighted by Crippen LogP contribution is 2.32. The molecule has 0 spiro atoms. The van der Waals surface area contributed by atoms with Crippen molar-refractivity contribution in [1.82, 2.24) is 0 Å². The molecule has 1 aromatic rings. The SMILES string of the molecule is CC(C)Nc1cc(CC(C)(C)C)ccc1OC1OC(CO)C(O)C(O)C1O. The number of hydrogen-bond acceptors (Lipinski definition) is 7. The number of nitrogens with one attached hydrogen (secondary N) is 1. The highest BCUT2D eigenvalue weighted by Gasteiger charge is 2.44. The number of ether oxygens (including phenoxy) is 2. The summed E-state index contributed by atoms with van der Waals surface area (Å²) in [5.41, 5.74) is 2.03. The summed E-state index contributed by atoms with van der Waals surface area (Å²) in [6.07, 6.45) is -5.64. The number of aliphatic hydroxyl groups excluding tert-OH is 4. The molecule has 1 aromatic carbocycles. The van der Waals surface area contributed by atoms with Crippen molar-refractivity contribution in [3.05, 3.63) is 23.8 Å². The van der Waals surface area contributed by atoms with E-state index in [1.54, 1.807) is 6.07 Å². The Balaban J connectivity index is 2.25. The molecule has 0 aromatic heterocycles. The predicted molar refractivity (Wildman–Crippen MR) is 103 cm³/mol. The normalized spacial score (nSPS) is 29.0. The highest BCUT2D eigenvalue weighted by atomic mass is 16.7. The van der Waals surface area contributed by atoms with Gasteiger partial charge in [-0.05, 0) is 43.4 Å². The number of hydrogen-bond donors (Lipinski definition) is 5. The second kappa shape index (κ2) is 8.75. The molecular formula is C20H33NO6. The van der Waals surface area contributed by atoms with E-state index in [0.717, 1.165) is 17.7 Å². The van der Waals surface area contributed by atoms with Crippen LogP contribution < -0.4 is 10.1 Å². The number of aliphatic hydroxyl groups is 4. The first kappa shape index (κ1) is 21.9. The number of rotatable bonds is 6. The fraction of sp³-hybridized carbons (Fsp3) is 0.700. The van der Waals surface area contributed by atoms with Crippen LogP contribution in [0.15, 0.2) is 18.2 Å². The van der Waals surface area contributed by atoms with E-state index in [2.05, 4.69) is 26.1 Å². The van der Waals surface area contributed by atoms with Gasteiger partial charge in [0, 0.05) is 6.04 Å². The Morgan fingerprint density at radius 2 is 1.78 bits per heavy atom. The Morgan fingerprint density at radius 3 is 2.33 bits per heavy atom. The van der Waals surface area contributed by atoms with Crippen LogP contribution in [-0.4, -0.2) is 63.8 Å². The maximum absolute atomic E-state index is 10.2. The average molecular weight is 383 g/mol. The van der Waals surface area contributed by atoms with Crippen LogP contribution in [0.3, 0.4) is 0 Å². The quantitative estimate of drug-likeness (QED) is 0.503. The minimum atomic E-state index is -1.47. The summed E-state index contributed by atoms with van der Waals surface area (Å²) in [6.45, 7) is 10.0. The Labute approximate surface area is 160 Å². The maximum Gasteiger partial charge on any atom is 0.229 e. The zero-order chi connectivity index (χ0) is 20.4. The molecule has 0 saturated carbocycles. The lowest BCUT2D eigenvalue weighted by Crippen LogP contribution is -2.60. The van der Waals surface area contributed by atoms with Crippen LogP contribution in [0, 0.1) is 5.41 Å². The van der Waals surface area contributed by atoms with E-state index in [9.17, 15) is 20.4 Å². The van der Waals surface area contributed by atoms with E-state index in [1.807, 2.05) is 26.0 Å². The molecule has 5 atom stereocenters. The lowest BCUT2D eigenvalue weighted by atomic mass is 9.88. The molecule has 1 fully saturated rings. The molecule has 0 amide bonds. The Hall–Kier alpha value is -1.38. The molecule has 0 radical (unpaired) electrons. The van der Waals surface area contributed by atoms with Crippen LogP contribution in [0.5, 0.6) is 5.75 Å². The second-order valence-electron chi connectivity index (χ2n) is 8.68. The molecule has 0 bridgehead atoms. The van der Waals surface area contributed by atoms with Gasteiger partial charge in [-0.25, -0.2) is 0 Å². The molecule has 1 aliphatic rings. The predicted octanol–water partition coefficient (Wildman–Crippen LogP) is 1.27. The van der Waals surface area contributed by atoms with Crippen molar-refractivity contribution in [2.45, 2.75) is 77.8 Å². The van der Waals surface area contributed by atoms with Gasteiger partial charge in [0.05, 0.1) is 12.3 Å². The molecule has 1 aliphatic heterocycles. The molecule has 1 saturated heterocycles. The van der Waals surface area contributed by atoms with Gasteiger partial charge in [0.25, 0.3) is 0 Å². The van der Waals surface area contributed by atoms with Crippen molar-refractivity contribution in [1.29, 1.82) is 0 Å². The standard InChI is InChI=1S/C20H33NO6/c1-11(2)21-13-8-12(9-20(3,4)5)6-7-14(13)26-19-18(25)17(24)16(23)15(10-22)27-19/h6-8,11,15-19,21-25H,9-10H2,1-5H3. The summed E-state index contributed by atoms with van der Waals surface area (Å²) in [5.74, 6) is 0.464. The van der Waals surface area contributed by atoms with Crippen molar-refractivity contribution >= 4 is 5.69 Å². The Morgan fingerprint density at radius 1 is 1.11 bits per heavy atom. The monoisotopic (exact) mass is 383 g/mol. The van der Waals surface area contributed by atoms with Crippen molar-refractivity contribution in [2.75, 3.05) is 11.9 Å². The van der Waals surface area contributed by atoms with Gasteiger partial charge in [-0.3, -0.25) is 0 Å². The zero-order valence-corrected chi connectivity index (χ0v) is 16.7. The maximum atomic E-state index is 10.2. The van der Waals surface area contributed by atoms with Crippen LogP contribution in [0.25, 0.3) is 0 Å². The summed E-state index contributed by atoms with van der Waals surface area (Å²) < 4.78 is 11.3. The Kier molecular flexibility index (Phi) is 7.10. The van der Waals surface area contributed by atoms with E-state index in [-0.39, 0.29) is 11.5 Å².